The van der Waals surface area contributed by atoms with Gasteiger partial charge >= 0.3 is 6.18 Å². The molecule has 0 bridgehead atoms. The predicted octanol–water partition coefficient (Wildman–Crippen LogP) is 6.07. The predicted molar refractivity (Wildman–Crippen MR) is 155 cm³/mol. The number of rotatable bonds is 9. The lowest BCUT2D eigenvalue weighted by atomic mass is 9.86. The zero-order valence-electron chi connectivity index (χ0n) is 23.1. The normalized spacial score (nSPS) is 18.3. The van der Waals surface area contributed by atoms with E-state index in [4.69, 9.17) is 0 Å². The van der Waals surface area contributed by atoms with Gasteiger partial charge in [0.25, 0.3) is 0 Å². The van der Waals surface area contributed by atoms with Crippen LogP contribution in [0.15, 0.2) is 89.8 Å². The molecular weight excluding hydrogens is 563 g/mol. The van der Waals surface area contributed by atoms with Crippen LogP contribution in [0.1, 0.15) is 65.6 Å². The molecule has 2 atom stereocenters. The Bertz CT molecular complexity index is 1540. The number of amides is 1. The molecule has 0 spiro atoms. The quantitative estimate of drug-likeness (QED) is 0.294. The van der Waals surface area contributed by atoms with Gasteiger partial charge in [-0.25, -0.2) is 13.1 Å². The molecule has 0 aromatic heterocycles. The Balaban J connectivity index is 1.30. The lowest BCUT2D eigenvalue weighted by Crippen LogP contribution is -2.36. The number of alkyl halides is 3. The van der Waals surface area contributed by atoms with Crippen molar-refractivity contribution in [2.24, 2.45) is 0 Å². The van der Waals surface area contributed by atoms with E-state index in [9.17, 15) is 26.4 Å². The highest BCUT2D eigenvalue weighted by molar-refractivity contribution is 7.89. The molecule has 1 unspecified atom stereocenters. The lowest BCUT2D eigenvalue weighted by molar-refractivity contribution is -0.137. The Labute approximate surface area is 244 Å². The first-order valence-electron chi connectivity index (χ1n) is 14.1. The summed E-state index contributed by atoms with van der Waals surface area (Å²) in [5.41, 5.74) is 2.99. The molecule has 1 amide bonds. The summed E-state index contributed by atoms with van der Waals surface area (Å²) in [5, 5.41) is 3.09. The first kappa shape index (κ1) is 30.0. The van der Waals surface area contributed by atoms with Crippen molar-refractivity contribution >= 4 is 15.9 Å². The Hall–Kier alpha value is -3.47. The van der Waals surface area contributed by atoms with Crippen LogP contribution in [0.2, 0.25) is 0 Å². The van der Waals surface area contributed by atoms with Gasteiger partial charge < -0.3 is 5.32 Å². The number of hydrogen-bond acceptors (Lipinski definition) is 4. The first-order valence-corrected chi connectivity index (χ1v) is 15.6. The van der Waals surface area contributed by atoms with Gasteiger partial charge in [0, 0.05) is 26.1 Å². The molecule has 0 saturated heterocycles. The van der Waals surface area contributed by atoms with Gasteiger partial charge in [0.05, 0.1) is 22.5 Å². The SMILES string of the molecule is O=C(CC(NS(=O)(=O)c1cccc(C(F)(F)F)c1)c1ccccc1)N[C@@H]1CCCc2cc(CN3CC=CCC3)ccc21. The maximum absolute atomic E-state index is 13.3. The van der Waals surface area contributed by atoms with Gasteiger partial charge in [-0.15, -0.1) is 0 Å². The second kappa shape index (κ2) is 12.8. The second-order valence-electron chi connectivity index (χ2n) is 10.9. The monoisotopic (exact) mass is 597 g/mol. The number of nitrogens with one attached hydrogen (secondary N) is 2. The Morgan fingerprint density at radius 1 is 1.00 bits per heavy atom. The van der Waals surface area contributed by atoms with E-state index < -0.39 is 32.7 Å². The highest BCUT2D eigenvalue weighted by Gasteiger charge is 2.33. The fraction of sp³-hybridized carbons (Fsp3) is 0.344. The van der Waals surface area contributed by atoms with E-state index in [1.807, 2.05) is 0 Å². The van der Waals surface area contributed by atoms with Gasteiger partial charge in [-0.3, -0.25) is 9.69 Å². The molecule has 222 valence electrons. The van der Waals surface area contributed by atoms with Gasteiger partial charge in [-0.05, 0) is 66.1 Å². The molecule has 1 aliphatic carbocycles. The van der Waals surface area contributed by atoms with Crippen LogP contribution >= 0.6 is 0 Å². The minimum absolute atomic E-state index is 0.204. The number of sulfonamides is 1. The van der Waals surface area contributed by atoms with Crippen molar-refractivity contribution < 1.29 is 26.4 Å². The van der Waals surface area contributed by atoms with Crippen molar-refractivity contribution in [1.82, 2.24) is 14.9 Å². The van der Waals surface area contributed by atoms with E-state index in [2.05, 4.69) is 45.3 Å². The number of carbonyl (C=O) groups excluding carboxylic acids is 1. The maximum atomic E-state index is 13.3. The fourth-order valence-corrected chi connectivity index (χ4v) is 6.92. The number of benzene rings is 3. The van der Waals surface area contributed by atoms with Crippen LogP contribution in [0.3, 0.4) is 0 Å². The largest absolute Gasteiger partial charge is 0.416 e. The van der Waals surface area contributed by atoms with E-state index >= 15 is 0 Å². The standard InChI is InChI=1S/C32H34F3N3O3S/c33-32(34,35)26-12-8-13-27(20-26)42(40,41)37-30(24-9-3-1-4-10-24)21-31(39)36-29-14-7-11-25-19-23(15-16-28(25)29)22-38-17-5-2-6-18-38/h1-5,8-10,12-13,15-16,19-20,29-30,37H,6-7,11,14,17-18,21-22H2,(H,36,39)/t29-,30?/m1/s1. The van der Waals surface area contributed by atoms with Crippen LogP contribution in [0.25, 0.3) is 0 Å². The van der Waals surface area contributed by atoms with E-state index in [0.29, 0.717) is 11.6 Å². The highest BCUT2D eigenvalue weighted by atomic mass is 32.2. The number of nitrogens with zero attached hydrogens (tertiary/aromatic N) is 1. The molecule has 1 heterocycles. The topological polar surface area (TPSA) is 78.5 Å². The third kappa shape index (κ3) is 7.48. The summed E-state index contributed by atoms with van der Waals surface area (Å²) in [6.45, 7) is 2.85. The number of aryl methyl sites for hydroxylation is 1. The molecule has 2 N–H and O–H groups in total. The summed E-state index contributed by atoms with van der Waals surface area (Å²) >= 11 is 0. The third-order valence-electron chi connectivity index (χ3n) is 7.77. The van der Waals surface area contributed by atoms with Crippen LogP contribution < -0.4 is 10.0 Å². The molecular formula is C32H34F3N3O3S. The molecule has 6 nitrogen and oxygen atoms in total. The first-order chi connectivity index (χ1) is 20.1. The van der Waals surface area contributed by atoms with E-state index in [1.165, 1.54) is 11.1 Å². The van der Waals surface area contributed by atoms with E-state index in [0.717, 1.165) is 69.1 Å². The van der Waals surface area contributed by atoms with Crippen LogP contribution in [0.5, 0.6) is 0 Å². The Morgan fingerprint density at radius 3 is 2.55 bits per heavy atom. The molecule has 3 aromatic carbocycles. The molecule has 0 saturated carbocycles. The minimum Gasteiger partial charge on any atom is -0.349 e. The summed E-state index contributed by atoms with van der Waals surface area (Å²) in [4.78, 5) is 15.2. The molecule has 0 radical (unpaired) electrons. The number of hydrogen-bond donors (Lipinski definition) is 2. The van der Waals surface area contributed by atoms with Crippen LogP contribution in [0.4, 0.5) is 13.2 Å². The van der Waals surface area contributed by atoms with E-state index in [1.54, 1.807) is 30.3 Å². The molecule has 42 heavy (non-hydrogen) atoms. The van der Waals surface area contributed by atoms with E-state index in [-0.39, 0.29) is 18.4 Å². The molecule has 1 aliphatic heterocycles. The van der Waals surface area contributed by atoms with Gasteiger partial charge in [-0.2, -0.15) is 13.2 Å². The Morgan fingerprint density at radius 2 is 1.81 bits per heavy atom. The highest BCUT2D eigenvalue weighted by Crippen LogP contribution is 2.33. The molecule has 0 fully saturated rings. The summed E-state index contributed by atoms with van der Waals surface area (Å²) in [5.74, 6) is -0.349. The number of halogens is 3. The zero-order valence-corrected chi connectivity index (χ0v) is 23.9. The smallest absolute Gasteiger partial charge is 0.349 e. The molecule has 5 rings (SSSR count). The maximum Gasteiger partial charge on any atom is 0.416 e. The van der Waals surface area contributed by atoms with Gasteiger partial charge in [-0.1, -0.05) is 66.7 Å². The summed E-state index contributed by atoms with van der Waals surface area (Å²) in [7, 11) is -4.37. The average Bonchev–Trinajstić information content (AvgIpc) is 2.97. The van der Waals surface area contributed by atoms with Gasteiger partial charge in [0.1, 0.15) is 0 Å². The number of carbonyl (C=O) groups is 1. The zero-order chi connectivity index (χ0) is 29.7. The lowest BCUT2D eigenvalue weighted by Gasteiger charge is -2.29. The van der Waals surface area contributed by atoms with Crippen molar-refractivity contribution in [2.75, 3.05) is 13.1 Å². The van der Waals surface area contributed by atoms with Gasteiger partial charge in [0.2, 0.25) is 15.9 Å². The fourth-order valence-electron chi connectivity index (χ4n) is 5.65. The van der Waals surface area contributed by atoms with Crippen molar-refractivity contribution in [1.29, 1.82) is 0 Å². The van der Waals surface area contributed by atoms with Crippen LogP contribution in [-0.2, 0) is 34.0 Å². The van der Waals surface area contributed by atoms with Crippen LogP contribution in [-0.4, -0.2) is 32.3 Å². The third-order valence-corrected chi connectivity index (χ3v) is 9.24. The van der Waals surface area contributed by atoms with Crippen molar-refractivity contribution in [3.05, 3.63) is 113 Å². The summed E-state index contributed by atoms with van der Waals surface area (Å²) < 4.78 is 68.6. The van der Waals surface area contributed by atoms with Crippen molar-refractivity contribution in [3.8, 4) is 0 Å². The van der Waals surface area contributed by atoms with Crippen LogP contribution in [0, 0.1) is 0 Å². The average molecular weight is 598 g/mol. The molecule has 2 aliphatic rings. The number of fused-ring (bicyclic) bond motifs is 1. The summed E-state index contributed by atoms with van der Waals surface area (Å²) in [6.07, 6.45) is 3.16. The van der Waals surface area contributed by atoms with Crippen molar-refractivity contribution in [3.63, 3.8) is 0 Å². The molecule has 3 aromatic rings. The van der Waals surface area contributed by atoms with Crippen molar-refractivity contribution in [2.45, 2.75) is 61.8 Å². The van der Waals surface area contributed by atoms with Gasteiger partial charge in [0.15, 0.2) is 0 Å². The second-order valence-corrected chi connectivity index (χ2v) is 12.6. The Kier molecular flexibility index (Phi) is 9.15. The summed E-state index contributed by atoms with van der Waals surface area (Å²) in [6, 6.07) is 17.4. The molecule has 10 heteroatoms. The minimum atomic E-state index is -4.69.